The smallest absolute Gasteiger partial charge is 0.194 e. The highest BCUT2D eigenvalue weighted by atomic mass is 19.3. The number of hydrogen-bond donors (Lipinski definition) is 0. The maximum absolute atomic E-state index is 14.3. The monoisotopic (exact) mass is 321 g/mol. The van der Waals surface area contributed by atoms with Crippen LogP contribution in [0.3, 0.4) is 0 Å². The summed E-state index contributed by atoms with van der Waals surface area (Å²) >= 11 is 0. The summed E-state index contributed by atoms with van der Waals surface area (Å²) in [4.78, 5) is 0. The molecule has 0 bridgehead atoms. The van der Waals surface area contributed by atoms with Gasteiger partial charge in [0.05, 0.1) is 11.6 Å². The standard InChI is InChI=1S/C18H15F4N/c1-2-3-13-4-8-15(9-5-13)17(19,20)18(21,22)16-10-6-14(12-23)7-11-16/h4-11H,2-3H2,1H3. The van der Waals surface area contributed by atoms with Crippen molar-refractivity contribution < 1.29 is 17.6 Å². The molecule has 2 aromatic rings. The molecule has 23 heavy (non-hydrogen) atoms. The van der Waals surface area contributed by atoms with Crippen LogP contribution in [0.15, 0.2) is 48.5 Å². The molecule has 0 aromatic heterocycles. The van der Waals surface area contributed by atoms with Crippen LogP contribution in [0, 0.1) is 11.3 Å². The summed E-state index contributed by atoms with van der Waals surface area (Å²) in [6.45, 7) is 1.95. The first-order valence-corrected chi connectivity index (χ1v) is 7.18. The molecule has 0 heterocycles. The third-order valence-electron chi connectivity index (χ3n) is 3.63. The molecule has 0 N–H and O–H groups in total. The third-order valence-corrected chi connectivity index (χ3v) is 3.63. The minimum absolute atomic E-state index is 0.136. The Labute approximate surface area is 132 Å². The molecule has 2 aromatic carbocycles. The number of halogens is 4. The van der Waals surface area contributed by atoms with Crippen LogP contribution in [-0.2, 0) is 18.3 Å². The van der Waals surface area contributed by atoms with Gasteiger partial charge >= 0.3 is 11.8 Å². The van der Waals surface area contributed by atoms with Gasteiger partial charge in [-0.25, -0.2) is 0 Å². The molecule has 0 aliphatic rings. The van der Waals surface area contributed by atoms with Crippen molar-refractivity contribution in [1.29, 1.82) is 5.26 Å². The Balaban J connectivity index is 2.36. The lowest BCUT2D eigenvalue weighted by Gasteiger charge is -2.27. The average molecular weight is 321 g/mol. The highest BCUT2D eigenvalue weighted by molar-refractivity contribution is 5.36. The van der Waals surface area contributed by atoms with E-state index in [9.17, 15) is 17.6 Å². The molecule has 2 rings (SSSR count). The largest absolute Gasteiger partial charge is 0.339 e. The molecule has 0 spiro atoms. The lowest BCUT2D eigenvalue weighted by Crippen LogP contribution is -2.35. The van der Waals surface area contributed by atoms with Crippen molar-refractivity contribution in [2.24, 2.45) is 0 Å². The number of rotatable bonds is 5. The van der Waals surface area contributed by atoms with E-state index in [0.29, 0.717) is 6.42 Å². The number of hydrogen-bond acceptors (Lipinski definition) is 1. The van der Waals surface area contributed by atoms with Crippen molar-refractivity contribution in [3.63, 3.8) is 0 Å². The second-order valence-corrected chi connectivity index (χ2v) is 5.28. The van der Waals surface area contributed by atoms with Gasteiger partial charge in [0.25, 0.3) is 0 Å². The summed E-state index contributed by atoms with van der Waals surface area (Å²) in [7, 11) is 0. The van der Waals surface area contributed by atoms with Gasteiger partial charge in [0.15, 0.2) is 0 Å². The second kappa shape index (κ2) is 6.41. The van der Waals surface area contributed by atoms with E-state index in [1.54, 1.807) is 6.07 Å². The topological polar surface area (TPSA) is 23.8 Å². The van der Waals surface area contributed by atoms with Crippen molar-refractivity contribution >= 4 is 0 Å². The van der Waals surface area contributed by atoms with Gasteiger partial charge in [0.1, 0.15) is 0 Å². The summed E-state index contributed by atoms with van der Waals surface area (Å²) < 4.78 is 57.2. The Kier molecular flexibility index (Phi) is 4.74. The van der Waals surface area contributed by atoms with Gasteiger partial charge in [0, 0.05) is 11.1 Å². The van der Waals surface area contributed by atoms with E-state index in [-0.39, 0.29) is 5.56 Å². The molecule has 0 aliphatic heterocycles. The molecule has 0 fully saturated rings. The van der Waals surface area contributed by atoms with Crippen molar-refractivity contribution in [3.05, 3.63) is 70.8 Å². The lowest BCUT2D eigenvalue weighted by atomic mass is 9.94. The van der Waals surface area contributed by atoms with Gasteiger partial charge in [0.2, 0.25) is 0 Å². The Morgan fingerprint density at radius 1 is 0.826 bits per heavy atom. The molecule has 0 saturated carbocycles. The number of nitrogens with zero attached hydrogens (tertiary/aromatic N) is 1. The van der Waals surface area contributed by atoms with Crippen molar-refractivity contribution in [2.75, 3.05) is 0 Å². The fourth-order valence-electron chi connectivity index (χ4n) is 2.29. The normalized spacial score (nSPS) is 12.0. The Morgan fingerprint density at radius 3 is 1.65 bits per heavy atom. The Bertz CT molecular complexity index is 697. The Hall–Kier alpha value is -2.35. The fourth-order valence-corrected chi connectivity index (χ4v) is 2.29. The molecular formula is C18H15F4N. The Morgan fingerprint density at radius 2 is 1.26 bits per heavy atom. The molecule has 0 unspecified atom stereocenters. The molecule has 0 radical (unpaired) electrons. The van der Waals surface area contributed by atoms with Crippen LogP contribution in [0.2, 0.25) is 0 Å². The number of nitriles is 1. The van der Waals surface area contributed by atoms with Crippen LogP contribution in [-0.4, -0.2) is 0 Å². The predicted octanol–water partition coefficient (Wildman–Crippen LogP) is 5.39. The summed E-state index contributed by atoms with van der Waals surface area (Å²) in [6, 6.07) is 10.7. The first-order chi connectivity index (χ1) is 10.8. The van der Waals surface area contributed by atoms with Crippen LogP contribution < -0.4 is 0 Å². The predicted molar refractivity (Wildman–Crippen MR) is 79.4 cm³/mol. The first-order valence-electron chi connectivity index (χ1n) is 7.18. The summed E-state index contributed by atoms with van der Waals surface area (Å²) in [5, 5.41) is 8.65. The van der Waals surface area contributed by atoms with E-state index in [0.717, 1.165) is 48.4 Å². The minimum atomic E-state index is -4.37. The fraction of sp³-hybridized carbons (Fsp3) is 0.278. The van der Waals surface area contributed by atoms with Crippen molar-refractivity contribution in [1.82, 2.24) is 0 Å². The van der Waals surface area contributed by atoms with Crippen LogP contribution in [0.5, 0.6) is 0 Å². The average Bonchev–Trinajstić information content (AvgIpc) is 2.55. The zero-order valence-electron chi connectivity index (χ0n) is 12.5. The van der Waals surface area contributed by atoms with E-state index in [1.807, 2.05) is 6.92 Å². The van der Waals surface area contributed by atoms with Crippen LogP contribution in [0.25, 0.3) is 0 Å². The summed E-state index contributed by atoms with van der Waals surface area (Å²) in [5.74, 6) is -8.71. The van der Waals surface area contributed by atoms with Crippen molar-refractivity contribution in [3.8, 4) is 6.07 Å². The van der Waals surface area contributed by atoms with Crippen LogP contribution in [0.1, 0.15) is 35.6 Å². The zero-order chi connectivity index (χ0) is 17.1. The highest BCUT2D eigenvalue weighted by Gasteiger charge is 2.58. The molecule has 0 amide bonds. The molecule has 120 valence electrons. The molecule has 0 saturated heterocycles. The molecule has 1 nitrogen and oxygen atoms in total. The van der Waals surface area contributed by atoms with Gasteiger partial charge in [-0.15, -0.1) is 0 Å². The summed E-state index contributed by atoms with van der Waals surface area (Å²) in [6.07, 6.45) is 1.55. The number of alkyl halides is 4. The highest BCUT2D eigenvalue weighted by Crippen LogP contribution is 2.49. The van der Waals surface area contributed by atoms with Crippen molar-refractivity contribution in [2.45, 2.75) is 31.6 Å². The third kappa shape index (κ3) is 3.21. The SMILES string of the molecule is CCCc1ccc(C(F)(F)C(F)(F)c2ccc(C#N)cc2)cc1. The number of aryl methyl sites for hydroxylation is 1. The molecular weight excluding hydrogens is 306 g/mol. The van der Waals surface area contributed by atoms with E-state index >= 15 is 0 Å². The molecule has 0 aliphatic carbocycles. The lowest BCUT2D eigenvalue weighted by molar-refractivity contribution is -0.223. The van der Waals surface area contributed by atoms with E-state index in [2.05, 4.69) is 0 Å². The van der Waals surface area contributed by atoms with E-state index in [1.165, 1.54) is 12.1 Å². The molecule has 5 heteroatoms. The van der Waals surface area contributed by atoms with Gasteiger partial charge < -0.3 is 0 Å². The maximum Gasteiger partial charge on any atom is 0.339 e. The zero-order valence-corrected chi connectivity index (χ0v) is 12.5. The van der Waals surface area contributed by atoms with E-state index in [4.69, 9.17) is 5.26 Å². The maximum atomic E-state index is 14.3. The van der Waals surface area contributed by atoms with Crippen LogP contribution in [0.4, 0.5) is 17.6 Å². The molecule has 0 atom stereocenters. The van der Waals surface area contributed by atoms with Gasteiger partial charge in [-0.2, -0.15) is 22.8 Å². The van der Waals surface area contributed by atoms with E-state index < -0.39 is 23.0 Å². The first kappa shape index (κ1) is 17.0. The van der Waals surface area contributed by atoms with Gasteiger partial charge in [-0.1, -0.05) is 49.7 Å². The van der Waals surface area contributed by atoms with Gasteiger partial charge in [-0.05, 0) is 24.1 Å². The quantitative estimate of drug-likeness (QED) is 0.677. The minimum Gasteiger partial charge on any atom is -0.194 e. The van der Waals surface area contributed by atoms with Crippen LogP contribution >= 0.6 is 0 Å². The number of benzene rings is 2. The second-order valence-electron chi connectivity index (χ2n) is 5.28. The van der Waals surface area contributed by atoms with Gasteiger partial charge in [-0.3, -0.25) is 0 Å². The summed E-state index contributed by atoms with van der Waals surface area (Å²) in [5.41, 5.74) is -0.587.